The van der Waals surface area contributed by atoms with Crippen LogP contribution in [0.3, 0.4) is 0 Å². The summed E-state index contributed by atoms with van der Waals surface area (Å²) in [7, 11) is 1.48. The molecule has 0 unspecified atom stereocenters. The number of carbonyl (C=O) groups excluding carboxylic acids is 1. The summed E-state index contributed by atoms with van der Waals surface area (Å²) in [6.45, 7) is -2.68. The van der Waals surface area contributed by atoms with Gasteiger partial charge < -0.3 is 25.8 Å². The number of amides is 1. The van der Waals surface area contributed by atoms with Gasteiger partial charge in [0.25, 0.3) is 5.91 Å². The minimum absolute atomic E-state index is 0.00822. The number of anilines is 3. The van der Waals surface area contributed by atoms with E-state index in [2.05, 4.69) is 20.5 Å². The van der Waals surface area contributed by atoms with Crippen LogP contribution in [0.5, 0.6) is 5.75 Å². The molecule has 11 nitrogen and oxygen atoms in total. The van der Waals surface area contributed by atoms with Crippen molar-refractivity contribution in [3.8, 4) is 17.0 Å². The van der Waals surface area contributed by atoms with Crippen LogP contribution in [0.15, 0.2) is 42.6 Å². The molecule has 0 atom stereocenters. The van der Waals surface area contributed by atoms with E-state index in [1.807, 2.05) is 28.3 Å². The van der Waals surface area contributed by atoms with E-state index in [-0.39, 0.29) is 35.6 Å². The van der Waals surface area contributed by atoms with Crippen molar-refractivity contribution in [1.82, 2.24) is 30.3 Å². The van der Waals surface area contributed by atoms with Crippen molar-refractivity contribution in [1.29, 1.82) is 0 Å². The molecule has 4 N–H and O–H groups in total. The zero-order chi connectivity index (χ0) is 30.0. The van der Waals surface area contributed by atoms with Gasteiger partial charge in [-0.25, -0.2) is 9.37 Å². The number of ether oxygens (including phenoxy) is 2. The fourth-order valence-corrected chi connectivity index (χ4v) is 4.20. The topological polar surface area (TPSA) is 142 Å². The van der Waals surface area contributed by atoms with Crippen LogP contribution < -0.4 is 21.1 Å². The van der Waals surface area contributed by atoms with Gasteiger partial charge in [0.15, 0.2) is 16.6 Å². The van der Waals surface area contributed by atoms with E-state index in [0.717, 1.165) is 18.9 Å². The SMILES string of the molecule is [2H]C([2H])([2H])NC(=O)c1nnc(Cl)cc1Nc1cc(COCc2cc(F)cc(N)n2)cc(-c2ccn(C3CC3)n2)c1OC. The maximum absolute atomic E-state index is 13.7. The number of benzene rings is 1. The Morgan fingerprint density at radius 3 is 2.82 bits per heavy atom. The third kappa shape index (κ3) is 6.07. The highest BCUT2D eigenvalue weighted by molar-refractivity contribution is 6.29. The van der Waals surface area contributed by atoms with Gasteiger partial charge in [0, 0.05) is 35.0 Å². The van der Waals surface area contributed by atoms with Crippen LogP contribution in [0.4, 0.5) is 21.6 Å². The Morgan fingerprint density at radius 2 is 2.08 bits per heavy atom. The van der Waals surface area contributed by atoms with E-state index in [1.165, 1.54) is 19.2 Å². The summed E-state index contributed by atoms with van der Waals surface area (Å²) in [5.74, 6) is -1.07. The summed E-state index contributed by atoms with van der Waals surface area (Å²) < 4.78 is 49.4. The van der Waals surface area contributed by atoms with E-state index in [1.54, 1.807) is 6.07 Å². The lowest BCUT2D eigenvalue weighted by atomic mass is 10.0. The number of pyridine rings is 1. The predicted molar refractivity (Wildman–Crippen MR) is 143 cm³/mol. The highest BCUT2D eigenvalue weighted by Crippen LogP contribution is 2.41. The Hall–Kier alpha value is -4.29. The van der Waals surface area contributed by atoms with E-state index >= 15 is 0 Å². The van der Waals surface area contributed by atoms with Crippen LogP contribution in [-0.4, -0.2) is 45.0 Å². The highest BCUT2D eigenvalue weighted by Gasteiger charge is 2.25. The molecule has 1 saturated carbocycles. The number of hydrogen-bond donors (Lipinski definition) is 3. The number of methoxy groups -OCH3 is 1. The van der Waals surface area contributed by atoms with Crippen LogP contribution >= 0.6 is 11.6 Å². The average molecular weight is 556 g/mol. The van der Waals surface area contributed by atoms with Gasteiger partial charge in [0.1, 0.15) is 11.6 Å². The summed E-state index contributed by atoms with van der Waals surface area (Å²) in [5.41, 5.74) is 8.06. The van der Waals surface area contributed by atoms with Crippen molar-refractivity contribution in [3.63, 3.8) is 0 Å². The molecule has 3 heterocycles. The van der Waals surface area contributed by atoms with Gasteiger partial charge >= 0.3 is 0 Å². The molecule has 13 heteroatoms. The standard InChI is InChI=1S/C26H26ClFN8O3/c1-30-26(37)24-20(11-22(27)33-34-24)32-21-8-14(12-39-13-16-9-15(28)10-23(29)31-16)7-18(25(21)38-2)19-5-6-36(35-19)17-3-4-17/h5-11,17H,3-4,12-13H2,1-2H3,(H2,29,31)(H,30,37)(H,32,33)/i1D3. The zero-order valence-corrected chi connectivity index (χ0v) is 21.5. The molecule has 1 amide bonds. The lowest BCUT2D eigenvalue weighted by Crippen LogP contribution is -2.21. The van der Waals surface area contributed by atoms with Gasteiger partial charge in [-0.3, -0.25) is 9.48 Å². The van der Waals surface area contributed by atoms with E-state index in [4.69, 9.17) is 36.0 Å². The van der Waals surface area contributed by atoms with Crippen LogP contribution in [0, 0.1) is 5.82 Å². The molecule has 39 heavy (non-hydrogen) atoms. The molecule has 0 saturated heterocycles. The van der Waals surface area contributed by atoms with Crippen LogP contribution in [-0.2, 0) is 18.0 Å². The van der Waals surface area contributed by atoms with Crippen LogP contribution in [0.1, 0.15) is 44.7 Å². The summed E-state index contributed by atoms with van der Waals surface area (Å²) in [6.07, 6.45) is 4.00. The Balaban J connectivity index is 1.51. The van der Waals surface area contributed by atoms with Crippen LogP contribution in [0.2, 0.25) is 5.15 Å². The average Bonchev–Trinajstić information content (AvgIpc) is 3.63. The van der Waals surface area contributed by atoms with Gasteiger partial charge in [0.05, 0.1) is 49.1 Å². The molecule has 1 aliphatic carbocycles. The number of aromatic nitrogens is 5. The Kier molecular flexibility index (Phi) is 6.52. The molecule has 202 valence electrons. The minimum atomic E-state index is -2.75. The molecule has 0 radical (unpaired) electrons. The van der Waals surface area contributed by atoms with Gasteiger partial charge in [-0.05, 0) is 42.7 Å². The van der Waals surface area contributed by atoms with Gasteiger partial charge in [-0.15, -0.1) is 10.2 Å². The number of rotatable bonds is 10. The number of nitrogens with one attached hydrogen (secondary N) is 2. The van der Waals surface area contributed by atoms with Crippen molar-refractivity contribution in [2.24, 2.45) is 0 Å². The Bertz CT molecular complexity index is 1610. The first-order valence-electron chi connectivity index (χ1n) is 13.4. The number of nitrogens with two attached hydrogens (primary N) is 1. The van der Waals surface area contributed by atoms with Gasteiger partial charge in [0.2, 0.25) is 0 Å². The molecule has 4 aromatic rings. The lowest BCUT2D eigenvalue weighted by Gasteiger charge is -2.18. The molecule has 0 spiro atoms. The lowest BCUT2D eigenvalue weighted by molar-refractivity contribution is 0.0958. The molecule has 0 bridgehead atoms. The first-order chi connectivity index (χ1) is 20.0. The third-order valence-electron chi connectivity index (χ3n) is 5.90. The molecule has 5 rings (SSSR count). The molecule has 1 fully saturated rings. The number of nitrogens with zero attached hydrogens (tertiary/aromatic N) is 5. The van der Waals surface area contributed by atoms with Crippen molar-refractivity contribution in [2.75, 3.05) is 25.1 Å². The van der Waals surface area contributed by atoms with E-state index in [0.29, 0.717) is 40.0 Å². The second-order valence-electron chi connectivity index (χ2n) is 8.84. The maximum atomic E-state index is 13.7. The van der Waals surface area contributed by atoms with E-state index < -0.39 is 18.7 Å². The Labute approximate surface area is 232 Å². The Morgan fingerprint density at radius 1 is 1.23 bits per heavy atom. The van der Waals surface area contributed by atoms with Gasteiger partial charge in [-0.2, -0.15) is 5.10 Å². The highest BCUT2D eigenvalue weighted by atomic mass is 35.5. The summed E-state index contributed by atoms with van der Waals surface area (Å²) in [6, 6.07) is 9.47. The molecule has 3 aromatic heterocycles. The van der Waals surface area contributed by atoms with Crippen molar-refractivity contribution in [2.45, 2.75) is 32.1 Å². The van der Waals surface area contributed by atoms with Gasteiger partial charge in [-0.1, -0.05) is 11.6 Å². The minimum Gasteiger partial charge on any atom is -0.494 e. The molecule has 0 aliphatic heterocycles. The number of hydrogen-bond acceptors (Lipinski definition) is 9. The first kappa shape index (κ1) is 22.7. The molecule has 1 aliphatic rings. The number of carbonyl (C=O) groups is 1. The second kappa shape index (κ2) is 11.2. The normalized spacial score (nSPS) is 14.3. The molecule has 1 aromatic carbocycles. The smallest absolute Gasteiger partial charge is 0.273 e. The number of halogens is 2. The van der Waals surface area contributed by atoms with E-state index in [9.17, 15) is 9.18 Å². The fourth-order valence-electron chi connectivity index (χ4n) is 4.05. The van der Waals surface area contributed by atoms with Crippen LogP contribution in [0.25, 0.3) is 11.3 Å². The second-order valence-corrected chi connectivity index (χ2v) is 9.23. The maximum Gasteiger partial charge on any atom is 0.273 e. The fraction of sp³-hybridized carbons (Fsp3) is 0.269. The van der Waals surface area contributed by atoms with Crippen molar-refractivity contribution < 1.29 is 22.8 Å². The summed E-state index contributed by atoms with van der Waals surface area (Å²) >= 11 is 6.08. The molecular formula is C26H26ClFN8O3. The number of nitrogen functional groups attached to an aromatic ring is 1. The van der Waals surface area contributed by atoms with Crippen molar-refractivity contribution in [3.05, 3.63) is 70.5 Å². The monoisotopic (exact) mass is 555 g/mol. The summed E-state index contributed by atoms with van der Waals surface area (Å²) in [5, 5.41) is 17.2. The summed E-state index contributed by atoms with van der Waals surface area (Å²) in [4.78, 5) is 16.8. The molecular weight excluding hydrogens is 527 g/mol. The predicted octanol–water partition coefficient (Wildman–Crippen LogP) is 4.27. The zero-order valence-electron chi connectivity index (χ0n) is 23.7. The quantitative estimate of drug-likeness (QED) is 0.261. The third-order valence-corrected chi connectivity index (χ3v) is 6.09. The first-order valence-corrected chi connectivity index (χ1v) is 12.3. The largest absolute Gasteiger partial charge is 0.494 e. The van der Waals surface area contributed by atoms with Crippen molar-refractivity contribution >= 4 is 34.7 Å².